The van der Waals surface area contributed by atoms with Gasteiger partial charge in [-0.1, -0.05) is 18.8 Å². The number of aldehydes is 1. The van der Waals surface area contributed by atoms with Crippen LogP contribution in [-0.2, 0) is 9.59 Å². The van der Waals surface area contributed by atoms with Crippen molar-refractivity contribution in [3.05, 3.63) is 35.4 Å². The Labute approximate surface area is 150 Å². The van der Waals surface area contributed by atoms with E-state index in [4.69, 9.17) is 5.73 Å². The van der Waals surface area contributed by atoms with Crippen molar-refractivity contribution >= 4 is 18.1 Å². The Hall–Kier alpha value is -2.75. The quantitative estimate of drug-likeness (QED) is 0.572. The fourth-order valence-corrected chi connectivity index (χ4v) is 2.52. The zero-order chi connectivity index (χ0) is 19.3. The number of carbonyl (C=O) groups excluding carboxylic acids is 3. The highest BCUT2D eigenvalue weighted by molar-refractivity contribution is 5.97. The number of nitrogens with two attached hydrogens (primary N) is 1. The summed E-state index contributed by atoms with van der Waals surface area (Å²) in [5.41, 5.74) is 6.02. The molecule has 0 aliphatic heterocycles. The fourth-order valence-electron chi connectivity index (χ4n) is 2.52. The smallest absolute Gasteiger partial charge is 0.251 e. The van der Waals surface area contributed by atoms with E-state index in [1.165, 1.54) is 12.1 Å². The van der Waals surface area contributed by atoms with Gasteiger partial charge in [0.05, 0.1) is 0 Å². The van der Waals surface area contributed by atoms with Gasteiger partial charge >= 0.3 is 0 Å². The van der Waals surface area contributed by atoms with Gasteiger partial charge in [-0.05, 0) is 36.6 Å². The van der Waals surface area contributed by atoms with E-state index in [9.17, 15) is 23.2 Å². The molecule has 4 unspecified atom stereocenters. The number of hydrogen-bond donors (Lipinski definition) is 2. The largest absolute Gasteiger partial charge is 0.368 e. The third-order valence-corrected chi connectivity index (χ3v) is 4.39. The number of hydrogen-bond acceptors (Lipinski definition) is 3. The first-order valence-corrected chi connectivity index (χ1v) is 8.27. The zero-order valence-electron chi connectivity index (χ0n) is 14.2. The van der Waals surface area contributed by atoms with E-state index < -0.39 is 30.2 Å². The van der Waals surface area contributed by atoms with Crippen LogP contribution in [-0.4, -0.2) is 30.6 Å². The second kappa shape index (κ2) is 8.56. The number of nitrogens with one attached hydrogen (secondary N) is 1. The van der Waals surface area contributed by atoms with Crippen LogP contribution in [0.5, 0.6) is 0 Å². The molecule has 7 heteroatoms. The number of halogens is 2. The molecule has 0 spiro atoms. The summed E-state index contributed by atoms with van der Waals surface area (Å²) >= 11 is 0. The lowest BCUT2D eigenvalue weighted by atomic mass is 10.0. The van der Waals surface area contributed by atoms with Gasteiger partial charge in [0.2, 0.25) is 12.3 Å². The molecule has 1 aromatic carbocycles. The molecule has 26 heavy (non-hydrogen) atoms. The minimum absolute atomic E-state index is 0.216. The third-order valence-electron chi connectivity index (χ3n) is 4.39. The molecule has 1 aliphatic rings. The average molecular weight is 362 g/mol. The number of primary amides is 1. The Morgan fingerprint density at radius 3 is 2.54 bits per heavy atom. The highest BCUT2D eigenvalue weighted by Crippen LogP contribution is 2.39. The molecule has 0 radical (unpaired) electrons. The molecule has 4 atom stereocenters. The topological polar surface area (TPSA) is 89.3 Å². The van der Waals surface area contributed by atoms with Gasteiger partial charge in [-0.15, -0.1) is 0 Å². The SMILES string of the molecule is CC(C(F)F)C(NC(=O)c1ccc(C#CC2CC2CC=O)cc1)C(N)=O. The highest BCUT2D eigenvalue weighted by atomic mass is 19.3. The number of carbonyl (C=O) groups is 3. The van der Waals surface area contributed by atoms with Gasteiger partial charge in [0.1, 0.15) is 12.3 Å². The lowest BCUT2D eigenvalue weighted by Gasteiger charge is -2.21. The molecule has 1 aliphatic carbocycles. The molecular weight excluding hydrogens is 342 g/mol. The van der Waals surface area contributed by atoms with E-state index in [0.717, 1.165) is 19.6 Å². The highest BCUT2D eigenvalue weighted by Gasteiger charge is 2.34. The van der Waals surface area contributed by atoms with Crippen LogP contribution < -0.4 is 11.1 Å². The van der Waals surface area contributed by atoms with Crippen molar-refractivity contribution in [1.29, 1.82) is 0 Å². The fraction of sp³-hybridized carbons (Fsp3) is 0.421. The lowest BCUT2D eigenvalue weighted by Crippen LogP contribution is -2.50. The third kappa shape index (κ3) is 5.12. The van der Waals surface area contributed by atoms with Crippen LogP contribution in [0, 0.1) is 29.6 Å². The van der Waals surface area contributed by atoms with E-state index >= 15 is 0 Å². The maximum atomic E-state index is 12.8. The maximum Gasteiger partial charge on any atom is 0.251 e. The monoisotopic (exact) mass is 362 g/mol. The first-order chi connectivity index (χ1) is 12.3. The van der Waals surface area contributed by atoms with Crippen LogP contribution >= 0.6 is 0 Å². The first kappa shape index (κ1) is 19.6. The molecule has 1 aromatic rings. The first-order valence-electron chi connectivity index (χ1n) is 8.27. The zero-order valence-corrected chi connectivity index (χ0v) is 14.2. The minimum Gasteiger partial charge on any atom is -0.368 e. The molecule has 0 heterocycles. The van der Waals surface area contributed by atoms with Crippen molar-refractivity contribution < 1.29 is 23.2 Å². The molecule has 5 nitrogen and oxygen atoms in total. The Balaban J connectivity index is 1.99. The minimum atomic E-state index is -2.78. The Morgan fingerprint density at radius 2 is 2.00 bits per heavy atom. The van der Waals surface area contributed by atoms with Gasteiger partial charge in [0, 0.05) is 29.4 Å². The molecule has 138 valence electrons. The summed E-state index contributed by atoms with van der Waals surface area (Å²) in [6.07, 6.45) is -0.441. The Bertz CT molecular complexity index is 737. The van der Waals surface area contributed by atoms with Crippen molar-refractivity contribution in [3.8, 4) is 11.8 Å². The van der Waals surface area contributed by atoms with Crippen LogP contribution in [0.1, 0.15) is 35.7 Å². The maximum absolute atomic E-state index is 12.8. The second-order valence-corrected chi connectivity index (χ2v) is 6.40. The second-order valence-electron chi connectivity index (χ2n) is 6.40. The molecule has 3 N–H and O–H groups in total. The van der Waals surface area contributed by atoms with Crippen LogP contribution in [0.3, 0.4) is 0 Å². The van der Waals surface area contributed by atoms with Gasteiger partial charge in [-0.3, -0.25) is 9.59 Å². The molecule has 2 rings (SSSR count). The number of amides is 2. The van der Waals surface area contributed by atoms with E-state index in [-0.39, 0.29) is 11.5 Å². The normalized spacial score (nSPS) is 20.5. The number of rotatable bonds is 7. The van der Waals surface area contributed by atoms with Crippen molar-refractivity contribution in [1.82, 2.24) is 5.32 Å². The molecule has 0 bridgehead atoms. The van der Waals surface area contributed by atoms with Gasteiger partial charge in [0.15, 0.2) is 0 Å². The molecular formula is C19H20F2N2O3. The summed E-state index contributed by atoms with van der Waals surface area (Å²) < 4.78 is 25.6. The van der Waals surface area contributed by atoms with E-state index in [0.29, 0.717) is 17.9 Å². The van der Waals surface area contributed by atoms with Gasteiger partial charge in [-0.2, -0.15) is 0 Å². The Morgan fingerprint density at radius 1 is 1.35 bits per heavy atom. The van der Waals surface area contributed by atoms with Crippen LogP contribution in [0.25, 0.3) is 0 Å². The van der Waals surface area contributed by atoms with Crippen molar-refractivity contribution in [3.63, 3.8) is 0 Å². The van der Waals surface area contributed by atoms with E-state index in [2.05, 4.69) is 17.2 Å². The van der Waals surface area contributed by atoms with E-state index in [1.807, 2.05) is 0 Å². The number of alkyl halides is 2. The molecule has 0 aromatic heterocycles. The summed E-state index contributed by atoms with van der Waals surface area (Å²) in [5, 5.41) is 2.25. The summed E-state index contributed by atoms with van der Waals surface area (Å²) in [6.45, 7) is 1.15. The summed E-state index contributed by atoms with van der Waals surface area (Å²) in [5.74, 6) is 3.57. The summed E-state index contributed by atoms with van der Waals surface area (Å²) in [6, 6.07) is 4.82. The standard InChI is InChI=1S/C19H20F2N2O3/c1-11(17(20)21)16(18(22)25)23-19(26)13-5-2-12(3-6-13)4-7-14-10-15(14)8-9-24/h2-3,5-6,9,11,14-17H,8,10H2,1H3,(H2,22,25)(H,23,26). The number of benzene rings is 1. The molecule has 0 saturated heterocycles. The Kier molecular flexibility index (Phi) is 6.45. The van der Waals surface area contributed by atoms with Crippen LogP contribution in [0.15, 0.2) is 24.3 Å². The average Bonchev–Trinajstić information content (AvgIpc) is 3.35. The van der Waals surface area contributed by atoms with Gasteiger partial charge in [0.25, 0.3) is 5.91 Å². The summed E-state index contributed by atoms with van der Waals surface area (Å²) in [7, 11) is 0. The lowest BCUT2D eigenvalue weighted by molar-refractivity contribution is -0.122. The predicted molar refractivity (Wildman–Crippen MR) is 91.2 cm³/mol. The predicted octanol–water partition coefficient (Wildman–Crippen LogP) is 1.75. The van der Waals surface area contributed by atoms with Gasteiger partial charge < -0.3 is 15.8 Å². The molecule has 2 amide bonds. The van der Waals surface area contributed by atoms with Crippen LogP contribution in [0.2, 0.25) is 0 Å². The van der Waals surface area contributed by atoms with Crippen molar-refractivity contribution in [2.24, 2.45) is 23.5 Å². The molecule has 1 saturated carbocycles. The summed E-state index contributed by atoms with van der Waals surface area (Å²) in [4.78, 5) is 33.9. The van der Waals surface area contributed by atoms with Crippen molar-refractivity contribution in [2.75, 3.05) is 0 Å². The van der Waals surface area contributed by atoms with E-state index in [1.54, 1.807) is 12.1 Å². The van der Waals surface area contributed by atoms with Gasteiger partial charge in [-0.25, -0.2) is 8.78 Å². The molecule has 1 fully saturated rings. The van der Waals surface area contributed by atoms with Crippen LogP contribution in [0.4, 0.5) is 8.78 Å². The van der Waals surface area contributed by atoms with Crippen molar-refractivity contribution in [2.45, 2.75) is 32.2 Å².